The average molecular weight is 471 g/mol. The van der Waals surface area contributed by atoms with Crippen molar-refractivity contribution in [1.82, 2.24) is 9.97 Å². The number of nitro groups is 1. The van der Waals surface area contributed by atoms with Crippen molar-refractivity contribution in [1.29, 1.82) is 0 Å². The highest BCUT2D eigenvalue weighted by molar-refractivity contribution is 7.92. The van der Waals surface area contributed by atoms with E-state index in [4.69, 9.17) is 0 Å². The number of hydrogen-bond acceptors (Lipinski definition) is 9. The standard InChI is InChI=1S/C20H17N5O7S/c1-12-7-8-21-20(22-12)24-33(30,31)17-5-3-15(4-6-17)23-18(26)13-9-14(19(27)32-2)11-16(10-13)25(28)29/h3-11H,1-2H3,(H,23,26)(H,21,22,24). The molecule has 0 atom stereocenters. The largest absolute Gasteiger partial charge is 0.465 e. The third-order valence-electron chi connectivity index (χ3n) is 4.25. The summed E-state index contributed by atoms with van der Waals surface area (Å²) in [5.74, 6) is -1.67. The van der Waals surface area contributed by atoms with E-state index in [9.17, 15) is 28.1 Å². The van der Waals surface area contributed by atoms with Crippen LogP contribution in [-0.4, -0.2) is 42.3 Å². The van der Waals surface area contributed by atoms with E-state index in [2.05, 4.69) is 24.7 Å². The fraction of sp³-hybridized carbons (Fsp3) is 0.100. The number of rotatable bonds is 7. The van der Waals surface area contributed by atoms with Crippen LogP contribution < -0.4 is 10.0 Å². The van der Waals surface area contributed by atoms with Crippen molar-refractivity contribution in [3.8, 4) is 0 Å². The maximum atomic E-state index is 12.6. The predicted octanol–water partition coefficient (Wildman–Crippen LogP) is 2.53. The van der Waals surface area contributed by atoms with Gasteiger partial charge in [0, 0.05) is 35.3 Å². The highest BCUT2D eigenvalue weighted by atomic mass is 32.2. The zero-order chi connectivity index (χ0) is 24.2. The summed E-state index contributed by atoms with van der Waals surface area (Å²) >= 11 is 0. The van der Waals surface area contributed by atoms with E-state index in [1.165, 1.54) is 30.5 Å². The van der Waals surface area contributed by atoms with E-state index in [0.717, 1.165) is 25.3 Å². The molecule has 0 spiro atoms. The number of aromatic nitrogens is 2. The highest BCUT2D eigenvalue weighted by Gasteiger charge is 2.19. The summed E-state index contributed by atoms with van der Waals surface area (Å²) in [4.78, 5) is 42.4. The molecule has 1 heterocycles. The number of hydrogen-bond donors (Lipinski definition) is 2. The Morgan fingerprint density at radius 2 is 1.73 bits per heavy atom. The molecule has 170 valence electrons. The molecule has 3 rings (SSSR count). The van der Waals surface area contributed by atoms with Crippen LogP contribution >= 0.6 is 0 Å². The van der Waals surface area contributed by atoms with Crippen molar-refractivity contribution in [2.45, 2.75) is 11.8 Å². The second kappa shape index (κ2) is 9.40. The monoisotopic (exact) mass is 471 g/mol. The first-order valence-electron chi connectivity index (χ1n) is 9.21. The van der Waals surface area contributed by atoms with Crippen molar-refractivity contribution in [2.75, 3.05) is 17.1 Å². The molecule has 13 heteroatoms. The number of methoxy groups -OCH3 is 1. The smallest absolute Gasteiger partial charge is 0.338 e. The fourth-order valence-electron chi connectivity index (χ4n) is 2.68. The van der Waals surface area contributed by atoms with Crippen LogP contribution in [0.1, 0.15) is 26.4 Å². The summed E-state index contributed by atoms with van der Waals surface area (Å²) in [6, 6.07) is 9.94. The molecule has 0 bridgehead atoms. The number of amides is 1. The van der Waals surface area contributed by atoms with Crippen LogP contribution in [0.5, 0.6) is 0 Å². The summed E-state index contributed by atoms with van der Waals surface area (Å²) < 4.78 is 31.8. The number of esters is 1. The first-order valence-corrected chi connectivity index (χ1v) is 10.7. The van der Waals surface area contributed by atoms with Gasteiger partial charge in [0.15, 0.2) is 0 Å². The van der Waals surface area contributed by atoms with Crippen LogP contribution in [0.25, 0.3) is 0 Å². The summed E-state index contributed by atoms with van der Waals surface area (Å²) in [6.07, 6.45) is 1.42. The number of benzene rings is 2. The second-order valence-corrected chi connectivity index (χ2v) is 8.31. The number of anilines is 2. The van der Waals surface area contributed by atoms with E-state index in [0.29, 0.717) is 5.69 Å². The molecule has 0 saturated carbocycles. The molecule has 0 unspecified atom stereocenters. The van der Waals surface area contributed by atoms with Crippen LogP contribution in [0.2, 0.25) is 0 Å². The lowest BCUT2D eigenvalue weighted by Crippen LogP contribution is -2.16. The molecule has 0 fully saturated rings. The molecule has 1 amide bonds. The molecular weight excluding hydrogens is 454 g/mol. The zero-order valence-electron chi connectivity index (χ0n) is 17.3. The lowest BCUT2D eigenvalue weighted by Gasteiger charge is -2.09. The van der Waals surface area contributed by atoms with Gasteiger partial charge in [0.05, 0.1) is 22.5 Å². The fourth-order valence-corrected chi connectivity index (χ4v) is 3.63. The van der Waals surface area contributed by atoms with E-state index in [1.807, 2.05) is 0 Å². The van der Waals surface area contributed by atoms with Gasteiger partial charge in [-0.05, 0) is 43.3 Å². The van der Waals surface area contributed by atoms with Crippen molar-refractivity contribution >= 4 is 39.2 Å². The third kappa shape index (κ3) is 5.65. The van der Waals surface area contributed by atoms with Crippen molar-refractivity contribution < 1.29 is 27.7 Å². The van der Waals surface area contributed by atoms with Crippen molar-refractivity contribution in [3.05, 3.63) is 81.7 Å². The van der Waals surface area contributed by atoms with Gasteiger partial charge < -0.3 is 10.1 Å². The second-order valence-electron chi connectivity index (χ2n) is 6.62. The first kappa shape index (κ1) is 23.3. The van der Waals surface area contributed by atoms with Crippen LogP contribution in [0.3, 0.4) is 0 Å². The number of carbonyl (C=O) groups excluding carboxylic acids is 2. The number of carbonyl (C=O) groups is 2. The maximum absolute atomic E-state index is 12.6. The van der Waals surface area contributed by atoms with Gasteiger partial charge in [0.1, 0.15) is 0 Å². The number of nitrogens with one attached hydrogen (secondary N) is 2. The van der Waals surface area contributed by atoms with Gasteiger partial charge in [0.2, 0.25) is 5.95 Å². The Bertz CT molecular complexity index is 1340. The quantitative estimate of drug-likeness (QED) is 0.298. The topological polar surface area (TPSA) is 170 Å². The van der Waals surface area contributed by atoms with Gasteiger partial charge in [-0.25, -0.2) is 27.9 Å². The van der Waals surface area contributed by atoms with Gasteiger partial charge in [-0.1, -0.05) is 0 Å². The molecule has 2 aromatic carbocycles. The molecule has 0 aliphatic carbocycles. The Kier molecular flexibility index (Phi) is 6.63. The number of aryl methyl sites for hydroxylation is 1. The van der Waals surface area contributed by atoms with Gasteiger partial charge in [-0.15, -0.1) is 0 Å². The molecule has 0 aliphatic heterocycles. The van der Waals surface area contributed by atoms with Gasteiger partial charge >= 0.3 is 5.97 Å². The number of non-ortho nitro benzene ring substituents is 1. The van der Waals surface area contributed by atoms with Crippen molar-refractivity contribution in [2.24, 2.45) is 0 Å². The molecule has 0 saturated heterocycles. The molecule has 3 aromatic rings. The lowest BCUT2D eigenvalue weighted by atomic mass is 10.1. The summed E-state index contributed by atoms with van der Waals surface area (Å²) in [6.45, 7) is 1.69. The minimum atomic E-state index is -3.97. The lowest BCUT2D eigenvalue weighted by molar-refractivity contribution is -0.384. The number of ether oxygens (including phenoxy) is 1. The summed E-state index contributed by atoms with van der Waals surface area (Å²) in [5, 5.41) is 13.6. The number of nitro benzene ring substituents is 1. The first-order chi connectivity index (χ1) is 15.6. The van der Waals surface area contributed by atoms with Gasteiger partial charge in [-0.2, -0.15) is 0 Å². The third-order valence-corrected chi connectivity index (χ3v) is 5.60. The van der Waals surface area contributed by atoms with E-state index >= 15 is 0 Å². The minimum absolute atomic E-state index is 0.0838. The molecular formula is C20H17N5O7S. The normalized spacial score (nSPS) is 10.8. The minimum Gasteiger partial charge on any atom is -0.465 e. The summed E-state index contributed by atoms with van der Waals surface area (Å²) in [5.41, 5.74) is 0.0189. The van der Waals surface area contributed by atoms with E-state index in [-0.39, 0.29) is 27.7 Å². The summed E-state index contributed by atoms with van der Waals surface area (Å²) in [7, 11) is -2.87. The Balaban J connectivity index is 1.79. The molecule has 1 aromatic heterocycles. The Labute approximate surface area is 187 Å². The average Bonchev–Trinajstić information content (AvgIpc) is 2.78. The van der Waals surface area contributed by atoms with Gasteiger partial charge in [0.25, 0.3) is 21.6 Å². The molecule has 2 N–H and O–H groups in total. The Hall–Kier alpha value is -4.39. The Morgan fingerprint density at radius 1 is 1.06 bits per heavy atom. The van der Waals surface area contributed by atoms with Crippen molar-refractivity contribution in [3.63, 3.8) is 0 Å². The highest BCUT2D eigenvalue weighted by Crippen LogP contribution is 2.21. The van der Waals surface area contributed by atoms with E-state index in [1.54, 1.807) is 13.0 Å². The molecule has 12 nitrogen and oxygen atoms in total. The van der Waals surface area contributed by atoms with Crippen LogP contribution in [0.4, 0.5) is 17.3 Å². The molecule has 33 heavy (non-hydrogen) atoms. The van der Waals surface area contributed by atoms with Crippen LogP contribution in [0.15, 0.2) is 59.6 Å². The predicted molar refractivity (Wildman–Crippen MR) is 116 cm³/mol. The number of nitrogens with zero attached hydrogens (tertiary/aromatic N) is 3. The van der Waals surface area contributed by atoms with Crippen LogP contribution in [0, 0.1) is 17.0 Å². The molecule has 0 radical (unpaired) electrons. The maximum Gasteiger partial charge on any atom is 0.338 e. The SMILES string of the molecule is COC(=O)c1cc(C(=O)Nc2ccc(S(=O)(=O)Nc3nccc(C)n3)cc2)cc([N+](=O)[O-])c1. The number of sulfonamides is 1. The van der Waals surface area contributed by atoms with Gasteiger partial charge in [-0.3, -0.25) is 14.9 Å². The Morgan fingerprint density at radius 3 is 2.33 bits per heavy atom. The zero-order valence-corrected chi connectivity index (χ0v) is 18.1. The van der Waals surface area contributed by atoms with E-state index < -0.39 is 32.5 Å². The molecule has 0 aliphatic rings. The van der Waals surface area contributed by atoms with Crippen LogP contribution in [-0.2, 0) is 14.8 Å².